The molecule has 2 aromatic carbocycles. The number of aryl methyl sites for hydroxylation is 2. The molecule has 1 fully saturated rings. The molecule has 0 spiro atoms. The molecule has 0 bridgehead atoms. The lowest BCUT2D eigenvalue weighted by Crippen LogP contribution is -2.29. The maximum atomic E-state index is 13.4. The summed E-state index contributed by atoms with van der Waals surface area (Å²) in [5.74, 6) is -0.498. The van der Waals surface area contributed by atoms with Crippen LogP contribution in [0.25, 0.3) is 22.3 Å². The van der Waals surface area contributed by atoms with Gasteiger partial charge in [-0.15, -0.1) is 0 Å². The lowest BCUT2D eigenvalue weighted by Gasteiger charge is -2.18. The van der Waals surface area contributed by atoms with Gasteiger partial charge in [-0.1, -0.05) is 48.1 Å². The second kappa shape index (κ2) is 11.3. The summed E-state index contributed by atoms with van der Waals surface area (Å²) in [6.07, 6.45) is 10.8. The smallest absolute Gasteiger partial charge is 0.304 e. The Morgan fingerprint density at radius 3 is 2.66 bits per heavy atom. The van der Waals surface area contributed by atoms with E-state index in [1.54, 1.807) is 0 Å². The molecule has 2 atom stereocenters. The molecular weight excluding hydrogens is 476 g/mol. The number of likely N-dealkylation sites (tertiary alicyclic amines) is 1. The zero-order valence-corrected chi connectivity index (χ0v) is 21.8. The van der Waals surface area contributed by atoms with E-state index in [0.29, 0.717) is 35.4 Å². The van der Waals surface area contributed by atoms with Crippen molar-refractivity contribution in [2.75, 3.05) is 13.1 Å². The molecule has 1 aliphatic heterocycles. The Bertz CT molecular complexity index is 1410. The highest BCUT2D eigenvalue weighted by Crippen LogP contribution is 2.30. The molecule has 2 unspecified atom stereocenters. The molecule has 1 aromatic heterocycles. The number of hydrogen-bond acceptors (Lipinski definition) is 5. The quantitative estimate of drug-likeness (QED) is 0.437. The van der Waals surface area contributed by atoms with Gasteiger partial charge in [-0.3, -0.25) is 9.59 Å². The molecule has 2 aliphatic rings. The first kappa shape index (κ1) is 25.8. The van der Waals surface area contributed by atoms with Gasteiger partial charge in [-0.05, 0) is 62.8 Å². The monoisotopic (exact) mass is 510 g/mol. The minimum Gasteiger partial charge on any atom is -0.481 e. The number of nitrogens with zero attached hydrogens (tertiary/aromatic N) is 3. The molecule has 2 heterocycles. The lowest BCUT2D eigenvalue weighted by molar-refractivity contribution is -0.137. The van der Waals surface area contributed by atoms with Crippen LogP contribution in [0.5, 0.6) is 0 Å². The fourth-order valence-corrected chi connectivity index (χ4v) is 5.33. The number of benzene rings is 2. The van der Waals surface area contributed by atoms with Gasteiger partial charge in [0.1, 0.15) is 0 Å². The number of aromatic nitrogens is 2. The molecule has 0 saturated carbocycles. The summed E-state index contributed by atoms with van der Waals surface area (Å²) < 4.78 is 0. The van der Waals surface area contributed by atoms with Gasteiger partial charge in [0.15, 0.2) is 0 Å². The molecule has 196 valence electrons. The summed E-state index contributed by atoms with van der Waals surface area (Å²) in [6.45, 7) is 3.51. The first-order chi connectivity index (χ1) is 18.4. The molecule has 38 heavy (non-hydrogen) atoms. The standard InChI is InChI=1S/C31H34N4O3/c1-20-7-9-22(10-8-20)30-27(14-12-25(32)18-29(36)37)33-28-17-23(11-13-26(28)34-30)31(38)35-16-15-24(19-35)21-5-3-2-4-6-21/h3,5-11,13,17,24-25H,2,4,12,14-16,18-19,32H2,1H3,(H,36,37). The van der Waals surface area contributed by atoms with Gasteiger partial charge >= 0.3 is 5.97 Å². The van der Waals surface area contributed by atoms with Crippen molar-refractivity contribution in [3.63, 3.8) is 0 Å². The Morgan fingerprint density at radius 2 is 1.92 bits per heavy atom. The normalized spacial score (nSPS) is 18.0. The molecule has 1 amide bonds. The number of carboxylic acid groups (broad SMARTS) is 1. The molecule has 0 radical (unpaired) electrons. The Labute approximate surface area is 223 Å². The maximum absolute atomic E-state index is 13.4. The zero-order valence-electron chi connectivity index (χ0n) is 21.8. The van der Waals surface area contributed by atoms with E-state index < -0.39 is 12.0 Å². The molecule has 7 nitrogen and oxygen atoms in total. The second-order valence-corrected chi connectivity index (χ2v) is 10.4. The number of carbonyl (C=O) groups is 2. The van der Waals surface area contributed by atoms with Crippen LogP contribution >= 0.6 is 0 Å². The first-order valence-electron chi connectivity index (χ1n) is 13.4. The van der Waals surface area contributed by atoms with E-state index in [-0.39, 0.29) is 12.3 Å². The summed E-state index contributed by atoms with van der Waals surface area (Å²) in [6, 6.07) is 13.2. The molecule has 1 saturated heterocycles. The highest BCUT2D eigenvalue weighted by Gasteiger charge is 2.29. The van der Waals surface area contributed by atoms with Crippen LogP contribution in [0.15, 0.2) is 66.3 Å². The van der Waals surface area contributed by atoms with Crippen molar-refractivity contribution in [3.8, 4) is 11.3 Å². The lowest BCUT2D eigenvalue weighted by atomic mass is 9.93. The second-order valence-electron chi connectivity index (χ2n) is 10.4. The number of amides is 1. The van der Waals surface area contributed by atoms with Gasteiger partial charge in [0.25, 0.3) is 5.91 Å². The van der Waals surface area contributed by atoms with Crippen LogP contribution in [-0.2, 0) is 11.2 Å². The number of allylic oxidation sites excluding steroid dienone is 3. The number of fused-ring (bicyclic) bond motifs is 1. The highest BCUT2D eigenvalue weighted by molar-refractivity contribution is 5.97. The number of carbonyl (C=O) groups excluding carboxylic acids is 1. The number of nitrogens with two attached hydrogens (primary N) is 1. The molecule has 5 rings (SSSR count). The van der Waals surface area contributed by atoms with E-state index in [4.69, 9.17) is 20.8 Å². The van der Waals surface area contributed by atoms with Gasteiger partial charge in [-0.25, -0.2) is 9.97 Å². The Balaban J connectivity index is 1.42. The van der Waals surface area contributed by atoms with Crippen molar-refractivity contribution < 1.29 is 14.7 Å². The predicted octanol–water partition coefficient (Wildman–Crippen LogP) is 5.08. The topological polar surface area (TPSA) is 109 Å². The van der Waals surface area contributed by atoms with Crippen molar-refractivity contribution in [2.45, 2.75) is 51.5 Å². The fourth-order valence-electron chi connectivity index (χ4n) is 5.33. The van der Waals surface area contributed by atoms with E-state index in [1.165, 1.54) is 5.57 Å². The van der Waals surface area contributed by atoms with Crippen LogP contribution in [0.4, 0.5) is 0 Å². The predicted molar refractivity (Wildman–Crippen MR) is 149 cm³/mol. The van der Waals surface area contributed by atoms with Crippen molar-refractivity contribution in [1.82, 2.24) is 14.9 Å². The summed E-state index contributed by atoms with van der Waals surface area (Å²) in [5, 5.41) is 9.09. The first-order valence-corrected chi connectivity index (χ1v) is 13.4. The van der Waals surface area contributed by atoms with E-state index in [9.17, 15) is 9.59 Å². The maximum Gasteiger partial charge on any atom is 0.304 e. The van der Waals surface area contributed by atoms with Crippen molar-refractivity contribution in [1.29, 1.82) is 0 Å². The Kier molecular flexibility index (Phi) is 7.65. The summed E-state index contributed by atoms with van der Waals surface area (Å²) in [4.78, 5) is 36.3. The molecule has 3 N–H and O–H groups in total. The SMILES string of the molecule is Cc1ccc(-c2nc3ccc(C(=O)N4CCC(C5=CCCC=C5)C4)cc3nc2CCC(N)CC(=O)O)cc1. The minimum atomic E-state index is -0.913. The van der Waals surface area contributed by atoms with Crippen LogP contribution in [0.1, 0.15) is 53.7 Å². The summed E-state index contributed by atoms with van der Waals surface area (Å²) in [5.41, 5.74) is 13.0. The van der Waals surface area contributed by atoms with E-state index >= 15 is 0 Å². The van der Waals surface area contributed by atoms with E-state index in [0.717, 1.165) is 54.9 Å². The summed E-state index contributed by atoms with van der Waals surface area (Å²) >= 11 is 0. The largest absolute Gasteiger partial charge is 0.481 e. The number of carboxylic acids is 1. The van der Waals surface area contributed by atoms with Gasteiger partial charge in [-0.2, -0.15) is 0 Å². The van der Waals surface area contributed by atoms with Crippen LogP contribution in [0, 0.1) is 12.8 Å². The van der Waals surface area contributed by atoms with Crippen LogP contribution in [0.3, 0.4) is 0 Å². The third-order valence-corrected chi connectivity index (χ3v) is 7.47. The van der Waals surface area contributed by atoms with Gasteiger partial charge in [0.05, 0.1) is 28.8 Å². The van der Waals surface area contributed by atoms with Crippen molar-refractivity contribution >= 4 is 22.9 Å². The average Bonchev–Trinajstić information content (AvgIpc) is 3.42. The number of rotatable bonds is 8. The molecule has 7 heteroatoms. The van der Waals surface area contributed by atoms with Crippen molar-refractivity contribution in [3.05, 3.63) is 83.1 Å². The van der Waals surface area contributed by atoms with Crippen molar-refractivity contribution in [2.24, 2.45) is 11.7 Å². The Morgan fingerprint density at radius 1 is 1.11 bits per heavy atom. The van der Waals surface area contributed by atoms with E-state index in [1.807, 2.05) is 54.3 Å². The van der Waals surface area contributed by atoms with Crippen LogP contribution in [-0.4, -0.2) is 51.0 Å². The van der Waals surface area contributed by atoms with Gasteiger partial charge in [0.2, 0.25) is 0 Å². The molecule has 3 aromatic rings. The van der Waals surface area contributed by atoms with Gasteiger partial charge in [0, 0.05) is 36.2 Å². The highest BCUT2D eigenvalue weighted by atomic mass is 16.4. The fraction of sp³-hybridized carbons (Fsp3) is 0.355. The summed E-state index contributed by atoms with van der Waals surface area (Å²) in [7, 11) is 0. The average molecular weight is 511 g/mol. The Hall–Kier alpha value is -3.84. The third kappa shape index (κ3) is 5.83. The van der Waals surface area contributed by atoms with Crippen LogP contribution < -0.4 is 5.73 Å². The number of hydrogen-bond donors (Lipinski definition) is 2. The number of aliphatic carboxylic acids is 1. The van der Waals surface area contributed by atoms with E-state index in [2.05, 4.69) is 18.2 Å². The van der Waals surface area contributed by atoms with Crippen LogP contribution in [0.2, 0.25) is 0 Å². The third-order valence-electron chi connectivity index (χ3n) is 7.47. The van der Waals surface area contributed by atoms with Gasteiger partial charge < -0.3 is 15.7 Å². The molecule has 1 aliphatic carbocycles. The minimum absolute atomic E-state index is 0.0178. The molecular formula is C31H34N4O3. The zero-order chi connectivity index (χ0) is 26.6.